The summed E-state index contributed by atoms with van der Waals surface area (Å²) in [6, 6.07) is 0. The third kappa shape index (κ3) is 8.28. The smallest absolute Gasteiger partial charge is 0.0904 e. The van der Waals surface area contributed by atoms with Gasteiger partial charge in [-0.05, 0) is 11.8 Å². The van der Waals surface area contributed by atoms with Crippen molar-refractivity contribution in [1.82, 2.24) is 0 Å². The summed E-state index contributed by atoms with van der Waals surface area (Å²) in [5.74, 6) is 3.48. The first-order valence-electron chi connectivity index (χ1n) is 7.59. The molecule has 0 aliphatic carbocycles. The molecule has 0 amide bonds. The molecule has 0 aliphatic rings. The third-order valence-electron chi connectivity index (χ3n) is 3.69. The second-order valence-corrected chi connectivity index (χ2v) is 9.36. The van der Waals surface area contributed by atoms with Crippen LogP contribution >= 0.6 is 0 Å². The Balaban J connectivity index is 4.45. The molecule has 0 N–H and O–H groups in total. The highest BCUT2D eigenvalue weighted by atomic mass is 27.1. The van der Waals surface area contributed by atoms with Crippen LogP contribution in [0.5, 0.6) is 0 Å². The van der Waals surface area contributed by atoms with Gasteiger partial charge in [0.15, 0.2) is 0 Å². The minimum atomic E-state index is 0.610. The Morgan fingerprint density at radius 2 is 0.882 bits per heavy atom. The summed E-state index contributed by atoms with van der Waals surface area (Å²) in [5, 5.41) is 0. The van der Waals surface area contributed by atoms with Crippen molar-refractivity contribution in [2.75, 3.05) is 0 Å². The Labute approximate surface area is 117 Å². The first-order chi connectivity index (χ1) is 7.73. The van der Waals surface area contributed by atoms with E-state index in [0.717, 1.165) is 33.2 Å². The summed E-state index contributed by atoms with van der Waals surface area (Å²) in [4.78, 5) is 0. The molecule has 0 nitrogen and oxygen atoms in total. The van der Waals surface area contributed by atoms with Crippen molar-refractivity contribution in [2.45, 2.75) is 77.8 Å². The highest BCUT2D eigenvalue weighted by Crippen LogP contribution is 2.34. The molecule has 0 rings (SSSR count). The molecule has 0 aromatic rings. The summed E-state index contributed by atoms with van der Waals surface area (Å²) in [7, 11) is 0. The molecule has 0 aromatic heterocycles. The molecule has 2 unspecified atom stereocenters. The molecular formula is C16H34Al. The van der Waals surface area contributed by atoms with E-state index in [1.807, 2.05) is 0 Å². The fourth-order valence-electron chi connectivity index (χ4n) is 2.55. The van der Waals surface area contributed by atoms with Crippen LogP contribution in [0.1, 0.15) is 68.2 Å². The van der Waals surface area contributed by atoms with Gasteiger partial charge < -0.3 is 0 Å². The highest BCUT2D eigenvalue weighted by molar-refractivity contribution is 6.39. The van der Waals surface area contributed by atoms with Crippen molar-refractivity contribution in [3.05, 3.63) is 0 Å². The predicted molar refractivity (Wildman–Crippen MR) is 81.8 cm³/mol. The van der Waals surface area contributed by atoms with Gasteiger partial charge in [-0.2, -0.15) is 0 Å². The molecule has 0 bridgehead atoms. The van der Waals surface area contributed by atoms with Crippen LogP contribution in [0, 0.1) is 23.7 Å². The van der Waals surface area contributed by atoms with Gasteiger partial charge in [0.05, 0.1) is 0 Å². The fraction of sp³-hybridized carbons (Fsp3) is 1.00. The lowest BCUT2D eigenvalue weighted by atomic mass is 9.99. The summed E-state index contributed by atoms with van der Waals surface area (Å²) >= 11 is 0.610. The second-order valence-electron chi connectivity index (χ2n) is 7.27. The van der Waals surface area contributed by atoms with Crippen LogP contribution in [0.15, 0.2) is 0 Å². The van der Waals surface area contributed by atoms with E-state index >= 15 is 0 Å². The summed E-state index contributed by atoms with van der Waals surface area (Å²) in [6.45, 7) is 19.2. The Morgan fingerprint density at radius 3 is 1.06 bits per heavy atom. The van der Waals surface area contributed by atoms with Crippen molar-refractivity contribution in [3.63, 3.8) is 0 Å². The molecule has 0 aromatic carbocycles. The lowest BCUT2D eigenvalue weighted by Crippen LogP contribution is -2.22. The average molecular weight is 253 g/mol. The Hall–Kier alpha value is 0.532. The summed E-state index contributed by atoms with van der Waals surface area (Å²) in [6.07, 6.45) is 2.88. The minimum absolute atomic E-state index is 0.610. The van der Waals surface area contributed by atoms with Crippen molar-refractivity contribution >= 4 is 15.2 Å². The van der Waals surface area contributed by atoms with Crippen molar-refractivity contribution in [2.24, 2.45) is 23.7 Å². The van der Waals surface area contributed by atoms with Crippen LogP contribution in [0.25, 0.3) is 0 Å². The lowest BCUT2D eigenvalue weighted by molar-refractivity contribution is 0.436. The largest absolute Gasteiger partial charge is 0.211 e. The zero-order valence-corrected chi connectivity index (χ0v) is 14.6. The molecule has 0 fully saturated rings. The molecule has 101 valence electrons. The fourth-order valence-corrected chi connectivity index (χ4v) is 5.48. The van der Waals surface area contributed by atoms with Gasteiger partial charge in [0, 0.05) is 0 Å². The quantitative estimate of drug-likeness (QED) is 0.489. The third-order valence-corrected chi connectivity index (χ3v) is 6.77. The maximum Gasteiger partial charge on any atom is 0.211 e. The van der Waals surface area contributed by atoms with Crippen LogP contribution in [-0.2, 0) is 0 Å². The van der Waals surface area contributed by atoms with Gasteiger partial charge in [0.1, 0.15) is 0 Å². The highest BCUT2D eigenvalue weighted by Gasteiger charge is 2.24. The second kappa shape index (κ2) is 8.60. The zero-order valence-electron chi connectivity index (χ0n) is 13.5. The van der Waals surface area contributed by atoms with E-state index in [1.165, 1.54) is 12.8 Å². The molecule has 17 heavy (non-hydrogen) atoms. The van der Waals surface area contributed by atoms with E-state index in [-0.39, 0.29) is 0 Å². The lowest BCUT2D eigenvalue weighted by Gasteiger charge is -2.30. The molecule has 0 heterocycles. The van der Waals surface area contributed by atoms with Gasteiger partial charge in [-0.3, -0.25) is 0 Å². The van der Waals surface area contributed by atoms with Gasteiger partial charge in [0.2, 0.25) is 15.2 Å². The average Bonchev–Trinajstić information content (AvgIpc) is 2.13. The van der Waals surface area contributed by atoms with Gasteiger partial charge in [-0.1, -0.05) is 89.6 Å². The topological polar surface area (TPSA) is 0 Å². The molecule has 0 saturated heterocycles. The first kappa shape index (κ1) is 17.5. The standard InChI is InChI=1S/2C8H17.Al/c2*1-7(2)5-6-8(3)4;/h2*5,7-8H,6H2,1-4H3;. The van der Waals surface area contributed by atoms with Crippen LogP contribution in [0.3, 0.4) is 0 Å². The number of rotatable bonds is 8. The Kier molecular flexibility index (Phi) is 8.87. The summed E-state index contributed by atoms with van der Waals surface area (Å²) in [5.41, 5.74) is 0. The maximum absolute atomic E-state index is 2.42. The van der Waals surface area contributed by atoms with Crippen LogP contribution in [-0.4, -0.2) is 15.2 Å². The van der Waals surface area contributed by atoms with Gasteiger partial charge in [0.25, 0.3) is 0 Å². The molecule has 2 atom stereocenters. The van der Waals surface area contributed by atoms with Crippen molar-refractivity contribution in [1.29, 1.82) is 0 Å². The molecule has 1 heteroatoms. The van der Waals surface area contributed by atoms with Crippen LogP contribution in [0.4, 0.5) is 0 Å². The van der Waals surface area contributed by atoms with Crippen molar-refractivity contribution in [3.8, 4) is 0 Å². The van der Waals surface area contributed by atoms with Gasteiger partial charge in [-0.25, -0.2) is 0 Å². The van der Waals surface area contributed by atoms with Gasteiger partial charge >= 0.3 is 0 Å². The van der Waals surface area contributed by atoms with E-state index in [2.05, 4.69) is 55.4 Å². The van der Waals surface area contributed by atoms with E-state index in [0.29, 0.717) is 15.2 Å². The van der Waals surface area contributed by atoms with E-state index in [9.17, 15) is 0 Å². The number of hydrogen-bond acceptors (Lipinski definition) is 0. The van der Waals surface area contributed by atoms with E-state index in [1.54, 1.807) is 0 Å². The molecular weight excluding hydrogens is 219 g/mol. The molecule has 1 radical (unpaired) electrons. The Morgan fingerprint density at radius 1 is 0.588 bits per heavy atom. The van der Waals surface area contributed by atoms with Crippen molar-refractivity contribution < 1.29 is 0 Å². The SMILES string of the molecule is CC(C)C[CH]([Al][CH](CC(C)C)C(C)C)C(C)C. The first-order valence-corrected chi connectivity index (χ1v) is 8.92. The van der Waals surface area contributed by atoms with Crippen LogP contribution < -0.4 is 0 Å². The summed E-state index contributed by atoms with van der Waals surface area (Å²) < 4.78 is 2.00. The molecule has 0 aliphatic heterocycles. The van der Waals surface area contributed by atoms with E-state index < -0.39 is 0 Å². The monoisotopic (exact) mass is 253 g/mol. The van der Waals surface area contributed by atoms with Gasteiger partial charge in [-0.15, -0.1) is 0 Å². The number of hydrogen-bond donors (Lipinski definition) is 0. The maximum atomic E-state index is 2.42. The minimum Gasteiger partial charge on any atom is -0.0904 e. The molecule has 0 saturated carbocycles. The van der Waals surface area contributed by atoms with E-state index in [4.69, 9.17) is 0 Å². The Bertz CT molecular complexity index is 162. The molecule has 0 spiro atoms. The van der Waals surface area contributed by atoms with Crippen LogP contribution in [0.2, 0.25) is 9.56 Å². The predicted octanol–water partition coefficient (Wildman–Crippen LogP) is 5.67. The zero-order chi connectivity index (χ0) is 13.6. The normalized spacial score (nSPS) is 16.0.